The molecule has 0 unspecified atom stereocenters. The Hall–Kier alpha value is -2.88. The number of carbonyl (C=O) groups is 2. The van der Waals surface area contributed by atoms with Crippen LogP contribution in [0.4, 0.5) is 0 Å². The Morgan fingerprint density at radius 2 is 1.72 bits per heavy atom. The minimum Gasteiger partial charge on any atom is -0.461 e. The van der Waals surface area contributed by atoms with Crippen molar-refractivity contribution in [2.45, 2.75) is 27.7 Å². The normalized spacial score (nSPS) is 10.9. The van der Waals surface area contributed by atoms with E-state index in [1.165, 1.54) is 0 Å². The van der Waals surface area contributed by atoms with Gasteiger partial charge in [0.2, 0.25) is 0 Å². The van der Waals surface area contributed by atoms with Gasteiger partial charge in [-0.3, -0.25) is 4.79 Å². The molecule has 0 atom stereocenters. The fourth-order valence-electron chi connectivity index (χ4n) is 3.34. The van der Waals surface area contributed by atoms with E-state index < -0.39 is 5.97 Å². The number of ether oxygens (including phenoxy) is 1. The number of aromatic amines is 1. The van der Waals surface area contributed by atoms with Gasteiger partial charge in [0.05, 0.1) is 12.1 Å². The van der Waals surface area contributed by atoms with Gasteiger partial charge in [-0.25, -0.2) is 4.79 Å². The summed E-state index contributed by atoms with van der Waals surface area (Å²) in [5, 5.41) is 0.816. The summed E-state index contributed by atoms with van der Waals surface area (Å²) in [5.41, 5.74) is 5.33. The smallest absolute Gasteiger partial charge is 0.354 e. The summed E-state index contributed by atoms with van der Waals surface area (Å²) in [6, 6.07) is 11.2. The highest BCUT2D eigenvalue weighted by Crippen LogP contribution is 2.26. The van der Waals surface area contributed by atoms with Crippen LogP contribution in [0.2, 0.25) is 0 Å². The Kier molecular flexibility index (Phi) is 4.45. The number of fused-ring (bicyclic) bond motifs is 1. The molecule has 0 saturated heterocycles. The van der Waals surface area contributed by atoms with Gasteiger partial charge in [-0.15, -0.1) is 0 Å². The standard InChI is InChI=1S/C21H21NO3/c1-5-25-21(24)17-11-15-7-6-8-16(19(15)22-17)20(23)18-13(3)9-12(2)10-14(18)4/h6-11,22H,5H2,1-4H3. The molecule has 0 saturated carbocycles. The largest absolute Gasteiger partial charge is 0.461 e. The minimum atomic E-state index is -0.417. The van der Waals surface area contributed by atoms with Crippen LogP contribution in [0.25, 0.3) is 10.9 Å². The van der Waals surface area contributed by atoms with E-state index in [1.807, 2.05) is 45.0 Å². The van der Waals surface area contributed by atoms with Crippen molar-refractivity contribution in [1.82, 2.24) is 4.98 Å². The number of hydrogen-bond donors (Lipinski definition) is 1. The van der Waals surface area contributed by atoms with Crippen molar-refractivity contribution in [3.63, 3.8) is 0 Å². The predicted octanol–water partition coefficient (Wildman–Crippen LogP) is 4.50. The van der Waals surface area contributed by atoms with Crippen molar-refractivity contribution in [3.05, 3.63) is 69.9 Å². The molecule has 0 aliphatic heterocycles. The molecule has 4 nitrogen and oxygen atoms in total. The summed E-state index contributed by atoms with van der Waals surface area (Å²) in [6.07, 6.45) is 0. The van der Waals surface area contributed by atoms with Crippen LogP contribution < -0.4 is 0 Å². The number of H-pyrrole nitrogens is 1. The molecule has 3 rings (SSSR count). The number of rotatable bonds is 4. The third-order valence-electron chi connectivity index (χ3n) is 4.30. The van der Waals surface area contributed by atoms with Crippen molar-refractivity contribution < 1.29 is 14.3 Å². The van der Waals surface area contributed by atoms with E-state index in [4.69, 9.17) is 4.74 Å². The van der Waals surface area contributed by atoms with Gasteiger partial charge in [0.25, 0.3) is 0 Å². The summed E-state index contributed by atoms with van der Waals surface area (Å²) in [4.78, 5) is 28.2. The fraction of sp³-hybridized carbons (Fsp3) is 0.238. The predicted molar refractivity (Wildman–Crippen MR) is 98.3 cm³/mol. The lowest BCUT2D eigenvalue weighted by molar-refractivity contribution is 0.0520. The van der Waals surface area contributed by atoms with Crippen molar-refractivity contribution >= 4 is 22.7 Å². The maximum absolute atomic E-state index is 13.2. The number of hydrogen-bond acceptors (Lipinski definition) is 3. The van der Waals surface area contributed by atoms with Crippen LogP contribution in [0.1, 0.15) is 50.0 Å². The minimum absolute atomic E-state index is 0.0436. The van der Waals surface area contributed by atoms with Gasteiger partial charge in [0.15, 0.2) is 5.78 Å². The average molecular weight is 335 g/mol. The molecular formula is C21H21NO3. The van der Waals surface area contributed by atoms with E-state index >= 15 is 0 Å². The first kappa shape index (κ1) is 17.0. The molecular weight excluding hydrogens is 314 g/mol. The van der Waals surface area contributed by atoms with E-state index in [2.05, 4.69) is 4.98 Å². The molecule has 4 heteroatoms. The van der Waals surface area contributed by atoms with Crippen molar-refractivity contribution in [3.8, 4) is 0 Å². The first-order valence-corrected chi connectivity index (χ1v) is 8.33. The second-order valence-electron chi connectivity index (χ2n) is 6.28. The van der Waals surface area contributed by atoms with Crippen LogP contribution in [-0.2, 0) is 4.74 Å². The lowest BCUT2D eigenvalue weighted by Gasteiger charge is -2.11. The summed E-state index contributed by atoms with van der Waals surface area (Å²) in [5.74, 6) is -0.461. The van der Waals surface area contributed by atoms with E-state index in [9.17, 15) is 9.59 Å². The summed E-state index contributed by atoms with van der Waals surface area (Å²) in [6.45, 7) is 7.99. The van der Waals surface area contributed by atoms with Crippen molar-refractivity contribution in [2.75, 3.05) is 6.61 Å². The second kappa shape index (κ2) is 6.55. The SMILES string of the molecule is CCOC(=O)c1cc2cccc(C(=O)c3c(C)cc(C)cc3C)c2[nH]1. The molecule has 1 heterocycles. The molecule has 1 N–H and O–H groups in total. The lowest BCUT2D eigenvalue weighted by atomic mass is 9.92. The number of ketones is 1. The van der Waals surface area contributed by atoms with E-state index in [0.29, 0.717) is 28.9 Å². The summed E-state index contributed by atoms with van der Waals surface area (Å²) >= 11 is 0. The van der Waals surface area contributed by atoms with Crippen LogP contribution in [-0.4, -0.2) is 23.3 Å². The highest BCUT2D eigenvalue weighted by Gasteiger charge is 2.19. The van der Waals surface area contributed by atoms with Crippen molar-refractivity contribution in [2.24, 2.45) is 0 Å². The topological polar surface area (TPSA) is 59.2 Å². The Bertz CT molecular complexity index is 959. The van der Waals surface area contributed by atoms with E-state index in [-0.39, 0.29) is 5.78 Å². The Morgan fingerprint density at radius 3 is 2.36 bits per heavy atom. The lowest BCUT2D eigenvalue weighted by Crippen LogP contribution is -2.08. The number of esters is 1. The molecule has 0 radical (unpaired) electrons. The van der Waals surface area contributed by atoms with Gasteiger partial charge in [-0.2, -0.15) is 0 Å². The van der Waals surface area contributed by atoms with Crippen LogP contribution >= 0.6 is 0 Å². The molecule has 3 aromatic rings. The number of aryl methyl sites for hydroxylation is 3. The highest BCUT2D eigenvalue weighted by atomic mass is 16.5. The number of carbonyl (C=O) groups excluding carboxylic acids is 2. The second-order valence-corrected chi connectivity index (χ2v) is 6.28. The third-order valence-corrected chi connectivity index (χ3v) is 4.30. The molecule has 0 aliphatic carbocycles. The Labute approximate surface area is 146 Å². The van der Waals surface area contributed by atoms with Crippen LogP contribution in [0, 0.1) is 20.8 Å². The molecule has 0 amide bonds. The van der Waals surface area contributed by atoms with Gasteiger partial charge in [-0.05, 0) is 51.0 Å². The van der Waals surface area contributed by atoms with Gasteiger partial charge >= 0.3 is 5.97 Å². The fourth-order valence-corrected chi connectivity index (χ4v) is 3.34. The van der Waals surface area contributed by atoms with Crippen molar-refractivity contribution in [1.29, 1.82) is 0 Å². The third kappa shape index (κ3) is 3.07. The molecule has 2 aromatic carbocycles. The van der Waals surface area contributed by atoms with Gasteiger partial charge < -0.3 is 9.72 Å². The highest BCUT2D eigenvalue weighted by molar-refractivity contribution is 6.17. The number of aromatic nitrogens is 1. The average Bonchev–Trinajstić information content (AvgIpc) is 2.98. The first-order chi connectivity index (χ1) is 11.9. The Morgan fingerprint density at radius 1 is 1.04 bits per heavy atom. The van der Waals surface area contributed by atoms with Gasteiger partial charge in [-0.1, -0.05) is 29.8 Å². The molecule has 0 aliphatic rings. The molecule has 25 heavy (non-hydrogen) atoms. The van der Waals surface area contributed by atoms with Crippen LogP contribution in [0.15, 0.2) is 36.4 Å². The Balaban J connectivity index is 2.13. The molecule has 128 valence electrons. The van der Waals surface area contributed by atoms with E-state index in [0.717, 1.165) is 22.1 Å². The molecule has 0 fully saturated rings. The zero-order valence-corrected chi connectivity index (χ0v) is 14.9. The number of para-hydroxylation sites is 1. The van der Waals surface area contributed by atoms with E-state index in [1.54, 1.807) is 19.1 Å². The monoisotopic (exact) mass is 335 g/mol. The number of nitrogens with one attached hydrogen (secondary N) is 1. The maximum Gasteiger partial charge on any atom is 0.354 e. The summed E-state index contributed by atoms with van der Waals surface area (Å²) < 4.78 is 5.04. The number of benzene rings is 2. The molecule has 0 bridgehead atoms. The first-order valence-electron chi connectivity index (χ1n) is 8.33. The van der Waals surface area contributed by atoms with Gasteiger partial charge in [0.1, 0.15) is 5.69 Å². The van der Waals surface area contributed by atoms with Gasteiger partial charge in [0, 0.05) is 16.5 Å². The quantitative estimate of drug-likeness (QED) is 0.564. The van der Waals surface area contributed by atoms with Crippen LogP contribution in [0.3, 0.4) is 0 Å². The molecule has 1 aromatic heterocycles. The zero-order valence-electron chi connectivity index (χ0n) is 14.9. The summed E-state index contributed by atoms with van der Waals surface area (Å²) in [7, 11) is 0. The maximum atomic E-state index is 13.2. The molecule has 0 spiro atoms. The van der Waals surface area contributed by atoms with Crippen LogP contribution in [0.5, 0.6) is 0 Å². The zero-order chi connectivity index (χ0) is 18.1.